The third-order valence-electron chi connectivity index (χ3n) is 1.10. The van der Waals surface area contributed by atoms with Crippen molar-refractivity contribution in [2.24, 2.45) is 0 Å². The Bertz CT molecular complexity index is 303. The van der Waals surface area contributed by atoms with Crippen LogP contribution in [0.2, 0.25) is 0 Å². The van der Waals surface area contributed by atoms with E-state index in [1.54, 1.807) is 0 Å². The lowest BCUT2D eigenvalue weighted by atomic mass is 10.2. The molecular weight excluding hydrogens is 254 g/mol. The zero-order chi connectivity index (χ0) is 13.4. The average molecular weight is 274 g/mol. The van der Waals surface area contributed by atoms with Crippen molar-refractivity contribution < 1.29 is 28.0 Å². The highest BCUT2D eigenvalue weighted by Gasteiger charge is 2.49. The first-order valence-electron chi connectivity index (χ1n) is 4.74. The van der Waals surface area contributed by atoms with E-state index in [4.69, 9.17) is 9.05 Å². The van der Waals surface area contributed by atoms with E-state index in [9.17, 15) is 18.9 Å². The first-order chi connectivity index (χ1) is 6.66. The van der Waals surface area contributed by atoms with E-state index in [0.717, 1.165) is 0 Å². The summed E-state index contributed by atoms with van der Waals surface area (Å²) < 4.78 is 32.7. The minimum absolute atomic E-state index is 1.01. The summed E-state index contributed by atoms with van der Waals surface area (Å²) in [4.78, 5) is 18.9. The zero-order valence-electron chi connectivity index (χ0n) is 10.4. The minimum Gasteiger partial charge on any atom is -0.316 e. The van der Waals surface area contributed by atoms with Crippen molar-refractivity contribution in [3.63, 3.8) is 0 Å². The second-order valence-electron chi connectivity index (χ2n) is 5.39. The Morgan fingerprint density at radius 3 is 1.06 bits per heavy atom. The van der Waals surface area contributed by atoms with Crippen molar-refractivity contribution in [1.29, 1.82) is 0 Å². The van der Waals surface area contributed by atoms with Crippen LogP contribution < -0.4 is 0 Å². The Balaban J connectivity index is 5.02. The van der Waals surface area contributed by atoms with Crippen molar-refractivity contribution in [1.82, 2.24) is 0 Å². The molecule has 0 aliphatic rings. The fraction of sp³-hybridized carbons (Fsp3) is 1.00. The molecule has 98 valence electrons. The molecule has 0 saturated heterocycles. The smallest absolute Gasteiger partial charge is 0.316 e. The molecule has 0 bridgehead atoms. The Morgan fingerprint density at radius 1 is 0.750 bits per heavy atom. The highest BCUT2D eigenvalue weighted by Crippen LogP contribution is 2.79. The third-order valence-corrected chi connectivity index (χ3v) is 5.72. The molecule has 0 aromatic rings. The molecule has 2 atom stereocenters. The van der Waals surface area contributed by atoms with E-state index in [2.05, 4.69) is 0 Å². The second-order valence-corrected chi connectivity index (χ2v) is 10.7. The maximum atomic E-state index is 11.6. The van der Waals surface area contributed by atoms with Gasteiger partial charge in [-0.2, -0.15) is 0 Å². The van der Waals surface area contributed by atoms with Crippen LogP contribution in [0.5, 0.6) is 0 Å². The summed E-state index contributed by atoms with van der Waals surface area (Å²) in [5.74, 6) is 0. The highest BCUT2D eigenvalue weighted by molar-refractivity contribution is 8.26. The molecule has 2 N–H and O–H groups in total. The lowest BCUT2D eigenvalue weighted by Gasteiger charge is -2.29. The molecule has 0 spiro atoms. The molecule has 0 radical (unpaired) electrons. The largest absolute Gasteiger partial charge is 0.439 e. The lowest BCUT2D eigenvalue weighted by Crippen LogP contribution is -2.21. The monoisotopic (exact) mass is 274 g/mol. The molecule has 8 heteroatoms. The fourth-order valence-corrected chi connectivity index (χ4v) is 4.54. The average Bonchev–Trinajstić information content (AvgIpc) is 1.72. The summed E-state index contributed by atoms with van der Waals surface area (Å²) in [6.07, 6.45) is 0. The van der Waals surface area contributed by atoms with Crippen LogP contribution in [0, 0.1) is 0 Å². The van der Waals surface area contributed by atoms with Gasteiger partial charge in [-0.05, 0) is 41.5 Å². The first kappa shape index (κ1) is 16.3. The SMILES string of the molecule is CC(C)(C)OP(=O)(O)P(=O)(O)OC(C)(C)C. The maximum Gasteiger partial charge on any atom is 0.439 e. The molecule has 2 unspecified atom stereocenters. The maximum absolute atomic E-state index is 11.6. The van der Waals surface area contributed by atoms with Gasteiger partial charge in [-0.25, -0.2) is 9.13 Å². The van der Waals surface area contributed by atoms with Gasteiger partial charge in [0.05, 0.1) is 11.2 Å². The van der Waals surface area contributed by atoms with Gasteiger partial charge in [0.15, 0.2) is 0 Å². The zero-order valence-corrected chi connectivity index (χ0v) is 12.2. The van der Waals surface area contributed by atoms with Crippen LogP contribution >= 0.6 is 14.6 Å². The summed E-state index contributed by atoms with van der Waals surface area (Å²) >= 11 is 0. The topological polar surface area (TPSA) is 93.1 Å². The van der Waals surface area contributed by atoms with Gasteiger partial charge in [0.25, 0.3) is 0 Å². The molecule has 0 aliphatic heterocycles. The van der Waals surface area contributed by atoms with Crippen LogP contribution in [0.15, 0.2) is 0 Å². The molecule has 0 aromatic carbocycles. The van der Waals surface area contributed by atoms with E-state index in [0.29, 0.717) is 0 Å². The van der Waals surface area contributed by atoms with E-state index >= 15 is 0 Å². The van der Waals surface area contributed by atoms with Crippen LogP contribution in [0.3, 0.4) is 0 Å². The summed E-state index contributed by atoms with van der Waals surface area (Å²) in [6.45, 7) is 9.04. The Morgan fingerprint density at radius 2 is 0.938 bits per heavy atom. The Labute approximate surface area is 95.9 Å². The lowest BCUT2D eigenvalue weighted by molar-refractivity contribution is 0.0927. The Kier molecular flexibility index (Phi) is 4.61. The summed E-state index contributed by atoms with van der Waals surface area (Å²) in [5.41, 5.74) is -2.02. The van der Waals surface area contributed by atoms with Crippen molar-refractivity contribution in [3.8, 4) is 0 Å². The van der Waals surface area contributed by atoms with Gasteiger partial charge in [-0.15, -0.1) is 0 Å². The molecule has 0 aromatic heterocycles. The quantitative estimate of drug-likeness (QED) is 0.768. The van der Waals surface area contributed by atoms with Crippen LogP contribution in [-0.2, 0) is 18.2 Å². The second kappa shape index (κ2) is 4.52. The van der Waals surface area contributed by atoms with Crippen molar-refractivity contribution in [3.05, 3.63) is 0 Å². The van der Waals surface area contributed by atoms with Gasteiger partial charge in [0.1, 0.15) is 0 Å². The van der Waals surface area contributed by atoms with Crippen molar-refractivity contribution >= 4 is 14.6 Å². The van der Waals surface area contributed by atoms with E-state index in [1.165, 1.54) is 41.5 Å². The summed E-state index contributed by atoms with van der Waals surface area (Å²) in [5, 5.41) is 0. The van der Waals surface area contributed by atoms with Crippen LogP contribution in [0.25, 0.3) is 0 Å². The molecule has 16 heavy (non-hydrogen) atoms. The van der Waals surface area contributed by atoms with Gasteiger partial charge in [0, 0.05) is 0 Å². The van der Waals surface area contributed by atoms with Gasteiger partial charge in [0.2, 0.25) is 0 Å². The summed E-state index contributed by atoms with van der Waals surface area (Å²) in [6, 6.07) is 0. The molecule has 0 fully saturated rings. The molecule has 0 amide bonds. The molecule has 0 heterocycles. The fourth-order valence-electron chi connectivity index (χ4n) is 0.817. The number of hydrogen-bond acceptors (Lipinski definition) is 4. The van der Waals surface area contributed by atoms with Crippen LogP contribution in [0.1, 0.15) is 41.5 Å². The molecule has 0 rings (SSSR count). The van der Waals surface area contributed by atoms with Gasteiger partial charge in [-0.3, -0.25) is 9.05 Å². The standard InChI is InChI=1S/C8H20O6P2/c1-7(2,3)13-15(9,10)16(11,12)14-8(4,5)6/h1-6H3,(H,9,10)(H,11,12). The normalized spacial score (nSPS) is 21.2. The van der Waals surface area contributed by atoms with E-state index in [-0.39, 0.29) is 0 Å². The number of hydrogen-bond donors (Lipinski definition) is 2. The van der Waals surface area contributed by atoms with E-state index in [1.807, 2.05) is 0 Å². The third kappa shape index (κ3) is 5.58. The van der Waals surface area contributed by atoms with Crippen molar-refractivity contribution in [2.75, 3.05) is 0 Å². The van der Waals surface area contributed by atoms with Gasteiger partial charge >= 0.3 is 14.6 Å². The van der Waals surface area contributed by atoms with Crippen LogP contribution in [0.4, 0.5) is 0 Å². The molecular formula is C8H20O6P2. The molecule has 0 saturated carbocycles. The predicted molar refractivity (Wildman–Crippen MR) is 61.3 cm³/mol. The van der Waals surface area contributed by atoms with Crippen molar-refractivity contribution in [2.45, 2.75) is 52.7 Å². The molecule has 6 nitrogen and oxygen atoms in total. The Hall–Kier alpha value is 0.300. The van der Waals surface area contributed by atoms with E-state index < -0.39 is 25.8 Å². The molecule has 0 aliphatic carbocycles. The highest BCUT2D eigenvalue weighted by atomic mass is 32.1. The number of rotatable bonds is 3. The summed E-state index contributed by atoms with van der Waals surface area (Å²) in [7, 11) is -9.45. The first-order valence-corrected chi connectivity index (χ1v) is 8.60. The minimum atomic E-state index is -4.72. The van der Waals surface area contributed by atoms with Crippen LogP contribution in [-0.4, -0.2) is 21.0 Å². The van der Waals surface area contributed by atoms with Gasteiger partial charge in [-0.1, -0.05) is 0 Å². The predicted octanol–water partition coefficient (Wildman–Crippen LogP) is 2.90. The van der Waals surface area contributed by atoms with Gasteiger partial charge < -0.3 is 9.79 Å².